The van der Waals surface area contributed by atoms with Crippen LogP contribution in [0, 0.1) is 0 Å². The summed E-state index contributed by atoms with van der Waals surface area (Å²) in [6.07, 6.45) is 2.38. The van der Waals surface area contributed by atoms with E-state index < -0.39 is 0 Å². The number of para-hydroxylation sites is 1. The fraction of sp³-hybridized carbons (Fsp3) is 0.273. The van der Waals surface area contributed by atoms with Gasteiger partial charge in [-0.25, -0.2) is 0 Å². The zero-order valence-electron chi connectivity index (χ0n) is 15.3. The van der Waals surface area contributed by atoms with Crippen molar-refractivity contribution in [3.8, 4) is 11.5 Å². The van der Waals surface area contributed by atoms with Crippen LogP contribution in [0.3, 0.4) is 0 Å². The van der Waals surface area contributed by atoms with E-state index in [0.29, 0.717) is 11.5 Å². The Morgan fingerprint density at radius 3 is 2.67 bits per heavy atom. The lowest BCUT2D eigenvalue weighted by molar-refractivity contribution is -0.116. The van der Waals surface area contributed by atoms with E-state index in [1.54, 1.807) is 0 Å². The van der Waals surface area contributed by atoms with Crippen LogP contribution in [-0.4, -0.2) is 22.3 Å². The number of carbonyl (C=O) groups excluding carboxylic acids is 1. The minimum atomic E-state index is -0.220. The maximum atomic E-state index is 12.8. The molecule has 2 aromatic rings. The summed E-state index contributed by atoms with van der Waals surface area (Å²) in [5.74, 6) is 1.74. The quantitative estimate of drug-likeness (QED) is 0.779. The highest BCUT2D eigenvalue weighted by Gasteiger charge is 2.36. The van der Waals surface area contributed by atoms with Gasteiger partial charge in [0.1, 0.15) is 11.5 Å². The molecule has 0 bridgehead atoms. The second-order valence-corrected chi connectivity index (χ2v) is 7.14. The zero-order chi connectivity index (χ0) is 18.8. The highest BCUT2D eigenvalue weighted by atomic mass is 32.1. The lowest BCUT2D eigenvalue weighted by atomic mass is 9.85. The fourth-order valence-electron chi connectivity index (χ4n) is 3.82. The molecule has 4 rings (SSSR count). The zero-order valence-corrected chi connectivity index (χ0v) is 16.1. The van der Waals surface area contributed by atoms with E-state index in [2.05, 4.69) is 17.1 Å². The molecule has 27 heavy (non-hydrogen) atoms. The predicted octanol–water partition coefficient (Wildman–Crippen LogP) is 4.74. The molecule has 138 valence electrons. The van der Waals surface area contributed by atoms with Crippen molar-refractivity contribution in [3.05, 3.63) is 71.4 Å². The third-order valence-electron chi connectivity index (χ3n) is 5.04. The third-order valence-corrected chi connectivity index (χ3v) is 5.38. The van der Waals surface area contributed by atoms with Gasteiger partial charge in [0.2, 0.25) is 0 Å². The molecule has 0 radical (unpaired) electrons. The Morgan fingerprint density at radius 2 is 1.89 bits per heavy atom. The van der Waals surface area contributed by atoms with Crippen molar-refractivity contribution in [3.63, 3.8) is 0 Å². The Bertz CT molecular complexity index is 908. The van der Waals surface area contributed by atoms with Gasteiger partial charge in [-0.2, -0.15) is 0 Å². The number of nitrogens with one attached hydrogen (secondary N) is 1. The first-order chi connectivity index (χ1) is 13.2. The van der Waals surface area contributed by atoms with Gasteiger partial charge in [0, 0.05) is 24.2 Å². The van der Waals surface area contributed by atoms with Crippen LogP contribution in [-0.2, 0) is 4.79 Å². The number of ketones is 1. The Labute approximate surface area is 164 Å². The summed E-state index contributed by atoms with van der Waals surface area (Å²) in [6.45, 7) is 2.83. The molecule has 1 N–H and O–H groups in total. The summed E-state index contributed by atoms with van der Waals surface area (Å²) in [7, 11) is 0. The molecule has 1 heterocycles. The first kappa shape index (κ1) is 17.7. The van der Waals surface area contributed by atoms with Gasteiger partial charge in [-0.05, 0) is 61.8 Å². The van der Waals surface area contributed by atoms with Gasteiger partial charge in [-0.15, -0.1) is 0 Å². The highest BCUT2D eigenvalue weighted by molar-refractivity contribution is 7.80. The van der Waals surface area contributed by atoms with Crippen molar-refractivity contribution >= 4 is 23.1 Å². The van der Waals surface area contributed by atoms with Crippen LogP contribution in [0.4, 0.5) is 0 Å². The Morgan fingerprint density at radius 1 is 1.11 bits per heavy atom. The van der Waals surface area contributed by atoms with Crippen molar-refractivity contribution in [2.24, 2.45) is 0 Å². The Kier molecular flexibility index (Phi) is 4.94. The average molecular weight is 378 g/mol. The van der Waals surface area contributed by atoms with E-state index in [1.807, 2.05) is 54.6 Å². The number of ether oxygens (including phenoxy) is 1. The molecule has 0 saturated carbocycles. The molecule has 0 fully saturated rings. The molecule has 2 aromatic carbocycles. The van der Waals surface area contributed by atoms with E-state index in [1.165, 1.54) is 0 Å². The van der Waals surface area contributed by atoms with Crippen LogP contribution in [0.15, 0.2) is 65.9 Å². The minimum Gasteiger partial charge on any atom is -0.457 e. The van der Waals surface area contributed by atoms with Crippen LogP contribution < -0.4 is 10.1 Å². The maximum Gasteiger partial charge on any atom is 0.173 e. The lowest BCUT2D eigenvalue weighted by Crippen LogP contribution is -2.49. The van der Waals surface area contributed by atoms with Crippen molar-refractivity contribution in [2.75, 3.05) is 6.54 Å². The number of hydrogen-bond donors (Lipinski definition) is 1. The van der Waals surface area contributed by atoms with Gasteiger partial charge in [0.15, 0.2) is 10.9 Å². The molecule has 0 saturated heterocycles. The number of hydrogen-bond acceptors (Lipinski definition) is 3. The number of allylic oxidation sites excluding steroid dienone is 1. The van der Waals surface area contributed by atoms with Crippen molar-refractivity contribution < 1.29 is 9.53 Å². The molecule has 4 nitrogen and oxygen atoms in total. The number of carbonyl (C=O) groups is 1. The highest BCUT2D eigenvalue weighted by Crippen LogP contribution is 2.38. The van der Waals surface area contributed by atoms with E-state index >= 15 is 0 Å². The summed E-state index contributed by atoms with van der Waals surface area (Å²) < 4.78 is 5.97. The molecule has 5 heteroatoms. The fourth-order valence-corrected chi connectivity index (χ4v) is 4.17. The van der Waals surface area contributed by atoms with Gasteiger partial charge in [0.25, 0.3) is 0 Å². The Balaban J connectivity index is 1.71. The van der Waals surface area contributed by atoms with Gasteiger partial charge in [-0.3, -0.25) is 4.79 Å². The first-order valence-corrected chi connectivity index (χ1v) is 9.75. The second kappa shape index (κ2) is 7.53. The number of thiocarbonyl (C=S) groups is 1. The van der Waals surface area contributed by atoms with Gasteiger partial charge in [0.05, 0.1) is 6.04 Å². The summed E-state index contributed by atoms with van der Waals surface area (Å²) in [5.41, 5.74) is 2.93. The Hall–Kier alpha value is -2.66. The summed E-state index contributed by atoms with van der Waals surface area (Å²) in [5, 5.41) is 4.06. The molecule has 0 amide bonds. The average Bonchev–Trinajstić information content (AvgIpc) is 2.68. The van der Waals surface area contributed by atoms with Gasteiger partial charge < -0.3 is 15.0 Å². The largest absolute Gasteiger partial charge is 0.457 e. The van der Waals surface area contributed by atoms with Crippen LogP contribution in [0.5, 0.6) is 11.5 Å². The van der Waals surface area contributed by atoms with Crippen LogP contribution >= 0.6 is 12.2 Å². The number of Topliss-reactive ketones (excluding diaryl/α,β-unsaturated/α-hetero) is 1. The topological polar surface area (TPSA) is 41.6 Å². The first-order valence-electron chi connectivity index (χ1n) is 9.34. The van der Waals surface area contributed by atoms with E-state index in [4.69, 9.17) is 17.0 Å². The summed E-state index contributed by atoms with van der Waals surface area (Å²) >= 11 is 5.59. The lowest BCUT2D eigenvalue weighted by Gasteiger charge is -2.40. The van der Waals surface area contributed by atoms with Crippen molar-refractivity contribution in [1.82, 2.24) is 10.2 Å². The van der Waals surface area contributed by atoms with Crippen LogP contribution in [0.1, 0.15) is 37.8 Å². The van der Waals surface area contributed by atoms with Crippen LogP contribution in [0.25, 0.3) is 0 Å². The molecular weight excluding hydrogens is 356 g/mol. The number of benzene rings is 2. The molecule has 1 aliphatic heterocycles. The van der Waals surface area contributed by atoms with Gasteiger partial charge in [-0.1, -0.05) is 30.3 Å². The van der Waals surface area contributed by atoms with Crippen molar-refractivity contribution in [2.45, 2.75) is 32.2 Å². The van der Waals surface area contributed by atoms with Crippen LogP contribution in [0.2, 0.25) is 0 Å². The molecule has 1 aliphatic carbocycles. The number of rotatable bonds is 4. The van der Waals surface area contributed by atoms with Gasteiger partial charge >= 0.3 is 0 Å². The van der Waals surface area contributed by atoms with E-state index in [-0.39, 0.29) is 11.8 Å². The molecule has 0 aromatic heterocycles. The normalized spacial score (nSPS) is 19.6. The SMILES string of the molecule is CCN1C(=S)NC(c2cccc(Oc3ccccc3)c2)C2=C1CCCC2=O. The predicted molar refractivity (Wildman–Crippen MR) is 110 cm³/mol. The van der Waals surface area contributed by atoms with E-state index in [0.717, 1.165) is 47.7 Å². The molecule has 1 atom stereocenters. The third kappa shape index (κ3) is 3.47. The minimum absolute atomic E-state index is 0.212. The smallest absolute Gasteiger partial charge is 0.173 e. The summed E-state index contributed by atoms with van der Waals surface area (Å²) in [4.78, 5) is 14.8. The molecule has 2 aliphatic rings. The molecular formula is C22H22N2O2S. The molecule has 1 unspecified atom stereocenters. The number of nitrogens with zero attached hydrogens (tertiary/aromatic N) is 1. The summed E-state index contributed by atoms with van der Waals surface area (Å²) in [6, 6.07) is 17.4. The molecule has 0 spiro atoms. The monoisotopic (exact) mass is 378 g/mol. The van der Waals surface area contributed by atoms with E-state index in [9.17, 15) is 4.79 Å². The maximum absolute atomic E-state index is 12.8. The van der Waals surface area contributed by atoms with Crippen molar-refractivity contribution in [1.29, 1.82) is 0 Å². The standard InChI is InChI=1S/C22H22N2O2S/c1-2-24-18-12-7-13-19(25)20(18)21(23-22(24)27)15-8-6-11-17(14-15)26-16-9-4-3-5-10-16/h3-6,8-11,14,21H,2,7,12-13H2,1H3,(H,23,27). The second-order valence-electron chi connectivity index (χ2n) is 6.75.